The monoisotopic (exact) mass is 495 g/mol. The molecule has 3 N–H and O–H groups in total. The molecule has 0 atom stereocenters. The van der Waals surface area contributed by atoms with E-state index in [0.717, 1.165) is 24.2 Å². The standard InChI is InChI=1S/C21H29N5O.HI/c1-4-16-9-8-10-17(5-2)20(16)25-21(22)24-15-19(27)26(3)14-12-18-11-6-7-13-23-18;/h6-11,13H,4-5,12,14-15H2,1-3H3,(H3,22,24,25);1H. The molecule has 0 spiro atoms. The lowest BCUT2D eigenvalue weighted by Gasteiger charge is -2.17. The van der Waals surface area contributed by atoms with E-state index in [1.165, 1.54) is 11.1 Å². The molecule has 1 amide bonds. The van der Waals surface area contributed by atoms with Crippen molar-refractivity contribution in [2.45, 2.75) is 33.1 Å². The van der Waals surface area contributed by atoms with Crippen LogP contribution in [0, 0.1) is 0 Å². The first kappa shape index (κ1) is 23.9. The zero-order valence-corrected chi connectivity index (χ0v) is 19.1. The lowest BCUT2D eigenvalue weighted by molar-refractivity contribution is -0.128. The molecule has 1 heterocycles. The molecule has 152 valence electrons. The molecular formula is C21H30IN5O. The number of aliphatic imine (C=N–C) groups is 1. The van der Waals surface area contributed by atoms with Gasteiger partial charge in [0, 0.05) is 37.6 Å². The van der Waals surface area contributed by atoms with Gasteiger partial charge in [-0.15, -0.1) is 24.0 Å². The number of nitrogens with two attached hydrogens (primary N) is 1. The van der Waals surface area contributed by atoms with Gasteiger partial charge < -0.3 is 16.0 Å². The number of guanidine groups is 1. The van der Waals surface area contributed by atoms with Crippen LogP contribution >= 0.6 is 24.0 Å². The predicted octanol–water partition coefficient (Wildman–Crippen LogP) is 3.25. The number of likely N-dealkylation sites (N-methyl/N-ethyl adjacent to an activating group) is 1. The molecule has 0 saturated heterocycles. The number of aromatic nitrogens is 1. The average Bonchev–Trinajstić information content (AvgIpc) is 2.71. The first-order chi connectivity index (χ1) is 13.0. The number of halogens is 1. The first-order valence-electron chi connectivity index (χ1n) is 9.36. The minimum atomic E-state index is -0.0739. The Balaban J connectivity index is 0.00000392. The van der Waals surface area contributed by atoms with Crippen molar-refractivity contribution in [3.63, 3.8) is 0 Å². The Bertz CT molecular complexity index is 757. The van der Waals surface area contributed by atoms with Gasteiger partial charge in [0.25, 0.3) is 0 Å². The second kappa shape index (κ2) is 12.3. The molecule has 0 unspecified atom stereocenters. The van der Waals surface area contributed by atoms with Gasteiger partial charge in [0.05, 0.1) is 0 Å². The Hall–Kier alpha value is -2.16. The van der Waals surface area contributed by atoms with Gasteiger partial charge in [0.1, 0.15) is 6.54 Å². The second-order valence-corrected chi connectivity index (χ2v) is 6.37. The van der Waals surface area contributed by atoms with Gasteiger partial charge in [-0.3, -0.25) is 9.78 Å². The number of rotatable bonds is 8. The van der Waals surface area contributed by atoms with Crippen LogP contribution in [0.3, 0.4) is 0 Å². The van der Waals surface area contributed by atoms with Crippen LogP contribution in [-0.2, 0) is 24.1 Å². The summed E-state index contributed by atoms with van der Waals surface area (Å²) < 4.78 is 0. The summed E-state index contributed by atoms with van der Waals surface area (Å²) in [5, 5.41) is 3.18. The number of carbonyl (C=O) groups excluding carboxylic acids is 1. The van der Waals surface area contributed by atoms with Crippen LogP contribution in [0.4, 0.5) is 5.69 Å². The smallest absolute Gasteiger partial charge is 0.244 e. The fraction of sp³-hybridized carbons (Fsp3) is 0.381. The molecule has 2 aromatic rings. The minimum absolute atomic E-state index is 0. The summed E-state index contributed by atoms with van der Waals surface area (Å²) in [4.78, 5) is 22.4. The summed E-state index contributed by atoms with van der Waals surface area (Å²) in [6.45, 7) is 4.82. The van der Waals surface area contributed by atoms with E-state index < -0.39 is 0 Å². The largest absolute Gasteiger partial charge is 0.370 e. The molecule has 0 bridgehead atoms. The number of benzene rings is 1. The molecule has 0 aliphatic heterocycles. The maximum atomic E-state index is 12.3. The molecule has 0 aliphatic rings. The first-order valence-corrected chi connectivity index (χ1v) is 9.36. The normalized spacial score (nSPS) is 10.9. The number of nitrogens with one attached hydrogen (secondary N) is 1. The van der Waals surface area contributed by atoms with Crippen LogP contribution in [0.25, 0.3) is 0 Å². The molecule has 28 heavy (non-hydrogen) atoms. The quantitative estimate of drug-likeness (QED) is 0.335. The number of hydrogen-bond acceptors (Lipinski definition) is 3. The number of carbonyl (C=O) groups is 1. The van der Waals surface area contributed by atoms with E-state index in [9.17, 15) is 4.79 Å². The number of pyridine rings is 1. The highest BCUT2D eigenvalue weighted by Gasteiger charge is 2.10. The van der Waals surface area contributed by atoms with Crippen molar-refractivity contribution >= 4 is 41.5 Å². The van der Waals surface area contributed by atoms with Crippen molar-refractivity contribution in [3.8, 4) is 0 Å². The van der Waals surface area contributed by atoms with E-state index in [0.29, 0.717) is 13.0 Å². The fourth-order valence-corrected chi connectivity index (χ4v) is 2.80. The number of para-hydroxylation sites is 1. The molecule has 1 aromatic carbocycles. The van der Waals surface area contributed by atoms with Crippen molar-refractivity contribution < 1.29 is 4.79 Å². The number of amides is 1. The van der Waals surface area contributed by atoms with E-state index in [2.05, 4.69) is 47.3 Å². The van der Waals surface area contributed by atoms with Gasteiger partial charge >= 0.3 is 0 Å². The summed E-state index contributed by atoms with van der Waals surface area (Å²) in [6, 6.07) is 12.0. The summed E-state index contributed by atoms with van der Waals surface area (Å²) in [7, 11) is 1.77. The van der Waals surface area contributed by atoms with E-state index in [-0.39, 0.29) is 42.4 Å². The Morgan fingerprint density at radius 1 is 1.14 bits per heavy atom. The lowest BCUT2D eigenvalue weighted by Crippen LogP contribution is -2.32. The van der Waals surface area contributed by atoms with Gasteiger partial charge in [0.2, 0.25) is 5.91 Å². The molecule has 1 aromatic heterocycles. The highest BCUT2D eigenvalue weighted by atomic mass is 127. The lowest BCUT2D eigenvalue weighted by atomic mass is 10.0. The highest BCUT2D eigenvalue weighted by molar-refractivity contribution is 14.0. The number of aryl methyl sites for hydroxylation is 2. The van der Waals surface area contributed by atoms with E-state index in [4.69, 9.17) is 5.73 Å². The highest BCUT2D eigenvalue weighted by Crippen LogP contribution is 2.22. The molecule has 0 aliphatic carbocycles. The average molecular weight is 495 g/mol. The van der Waals surface area contributed by atoms with Crippen LogP contribution in [0.1, 0.15) is 30.7 Å². The molecule has 0 saturated carbocycles. The van der Waals surface area contributed by atoms with Crippen LogP contribution < -0.4 is 11.1 Å². The molecule has 0 radical (unpaired) electrons. The molecular weight excluding hydrogens is 465 g/mol. The number of anilines is 1. The third-order valence-electron chi connectivity index (χ3n) is 4.49. The van der Waals surface area contributed by atoms with Crippen molar-refractivity contribution in [1.82, 2.24) is 9.88 Å². The molecule has 0 fully saturated rings. The Labute approximate surface area is 184 Å². The minimum Gasteiger partial charge on any atom is -0.370 e. The van der Waals surface area contributed by atoms with E-state index in [1.54, 1.807) is 18.1 Å². The summed E-state index contributed by atoms with van der Waals surface area (Å²) in [5.41, 5.74) is 10.4. The third kappa shape index (κ3) is 7.10. The molecule has 7 heteroatoms. The topological polar surface area (TPSA) is 83.6 Å². The summed E-state index contributed by atoms with van der Waals surface area (Å²) in [5.74, 6) is 0.187. The SMILES string of the molecule is CCc1cccc(CC)c1NC(N)=NCC(=O)N(C)CCc1ccccn1.I. The fourth-order valence-electron chi connectivity index (χ4n) is 2.80. The van der Waals surface area contributed by atoms with Crippen LogP contribution in [0.5, 0.6) is 0 Å². The Kier molecular flexibility index (Phi) is 10.5. The van der Waals surface area contributed by atoms with E-state index >= 15 is 0 Å². The van der Waals surface area contributed by atoms with Gasteiger partial charge in [-0.25, -0.2) is 4.99 Å². The van der Waals surface area contributed by atoms with Crippen LogP contribution in [0.2, 0.25) is 0 Å². The van der Waals surface area contributed by atoms with Gasteiger partial charge in [-0.2, -0.15) is 0 Å². The summed E-state index contributed by atoms with van der Waals surface area (Å²) in [6.07, 6.45) is 4.27. The van der Waals surface area contributed by atoms with Crippen molar-refractivity contribution in [3.05, 3.63) is 59.4 Å². The van der Waals surface area contributed by atoms with E-state index in [1.807, 2.05) is 18.2 Å². The van der Waals surface area contributed by atoms with Gasteiger partial charge in [0.15, 0.2) is 5.96 Å². The summed E-state index contributed by atoms with van der Waals surface area (Å²) >= 11 is 0. The maximum Gasteiger partial charge on any atom is 0.244 e. The van der Waals surface area contributed by atoms with Crippen molar-refractivity contribution in [2.75, 3.05) is 25.5 Å². The Morgan fingerprint density at radius 2 is 1.82 bits per heavy atom. The van der Waals surface area contributed by atoms with Gasteiger partial charge in [-0.1, -0.05) is 38.1 Å². The third-order valence-corrected chi connectivity index (χ3v) is 4.49. The van der Waals surface area contributed by atoms with Crippen molar-refractivity contribution in [1.29, 1.82) is 0 Å². The number of hydrogen-bond donors (Lipinski definition) is 2. The van der Waals surface area contributed by atoms with Crippen LogP contribution in [0.15, 0.2) is 47.6 Å². The van der Waals surface area contributed by atoms with Crippen LogP contribution in [-0.4, -0.2) is 41.9 Å². The van der Waals surface area contributed by atoms with Crippen molar-refractivity contribution in [2.24, 2.45) is 10.7 Å². The zero-order valence-electron chi connectivity index (χ0n) is 16.8. The Morgan fingerprint density at radius 3 is 2.39 bits per heavy atom. The molecule has 2 rings (SSSR count). The van der Waals surface area contributed by atoms with Gasteiger partial charge in [-0.05, 0) is 36.1 Å². The maximum absolute atomic E-state index is 12.3. The zero-order chi connectivity index (χ0) is 19.6. The number of nitrogens with zero attached hydrogens (tertiary/aromatic N) is 3. The predicted molar refractivity (Wildman–Crippen MR) is 126 cm³/mol. The second-order valence-electron chi connectivity index (χ2n) is 6.37. The molecule has 6 nitrogen and oxygen atoms in total.